The van der Waals surface area contributed by atoms with E-state index in [1.807, 2.05) is 29.3 Å². The van der Waals surface area contributed by atoms with Crippen LogP contribution in [0.15, 0.2) is 31.4 Å². The van der Waals surface area contributed by atoms with Gasteiger partial charge in [0.15, 0.2) is 0 Å². The van der Waals surface area contributed by atoms with E-state index in [-0.39, 0.29) is 21.0 Å². The van der Waals surface area contributed by atoms with Crippen LogP contribution in [-0.4, -0.2) is 7.05 Å². The van der Waals surface area contributed by atoms with Crippen molar-refractivity contribution in [3.8, 4) is 0 Å². The highest BCUT2D eigenvalue weighted by atomic mass is 127. The fourth-order valence-electron chi connectivity index (χ4n) is 1.31. The van der Waals surface area contributed by atoms with Gasteiger partial charge in [-0.05, 0) is 18.2 Å². The second kappa shape index (κ2) is 4.05. The summed E-state index contributed by atoms with van der Waals surface area (Å²) in [5.74, 6) is 0.694. The Bertz CT molecular complexity index is 440. The molecule has 0 radical (unpaired) electrons. The molecule has 0 bridgehead atoms. The Balaban J connectivity index is 2.34. The summed E-state index contributed by atoms with van der Waals surface area (Å²) in [5, 5.41) is 4.75. The van der Waals surface area contributed by atoms with Gasteiger partial charge in [-0.15, -0.1) is 3.25 Å². The number of nitrogens with two attached hydrogens (primary N) is 2. The van der Waals surface area contributed by atoms with Crippen molar-refractivity contribution in [2.45, 2.75) is 0 Å². The van der Waals surface area contributed by atoms with Crippen LogP contribution in [0.3, 0.4) is 0 Å². The minimum absolute atomic E-state index is 0.278. The third kappa shape index (κ3) is 1.89. The second-order valence-electron chi connectivity index (χ2n) is 3.04. The lowest BCUT2D eigenvalue weighted by Gasteiger charge is -2.16. The van der Waals surface area contributed by atoms with Crippen LogP contribution < -0.4 is 21.8 Å². The van der Waals surface area contributed by atoms with Crippen molar-refractivity contribution in [3.05, 3.63) is 28.1 Å². The Morgan fingerprint density at radius 2 is 2.20 bits per heavy atom. The number of nitrogens with zero attached hydrogens (tertiary/aromatic N) is 2. The van der Waals surface area contributed by atoms with Crippen LogP contribution >= 0.6 is 21.0 Å². The average molecular weight is 317 g/mol. The minimum Gasteiger partial charge on any atom is -0.397 e. The van der Waals surface area contributed by atoms with Gasteiger partial charge >= 0.3 is 0 Å². The molecule has 80 valence electrons. The molecule has 15 heavy (non-hydrogen) atoms. The van der Waals surface area contributed by atoms with Gasteiger partial charge in [-0.1, -0.05) is 0 Å². The summed E-state index contributed by atoms with van der Waals surface area (Å²) >= 11 is -0.278. The zero-order valence-electron chi connectivity index (χ0n) is 8.24. The molecule has 1 aromatic carbocycles. The standard InChI is InChI=1S/C9H12IN5/c1-13-8-3-2-6(4-7(8)11)15-9(12)5-10-14-15/h2-5,13H,11-12H2,1H3. The van der Waals surface area contributed by atoms with E-state index in [2.05, 4.69) is 8.57 Å². The van der Waals surface area contributed by atoms with Gasteiger partial charge in [-0.25, -0.2) is 5.01 Å². The van der Waals surface area contributed by atoms with E-state index in [1.165, 1.54) is 0 Å². The molecule has 5 nitrogen and oxygen atoms in total. The summed E-state index contributed by atoms with van der Waals surface area (Å²) < 4.78 is 6.31. The Morgan fingerprint density at radius 3 is 2.73 bits per heavy atom. The van der Waals surface area contributed by atoms with Gasteiger partial charge < -0.3 is 16.8 Å². The third-order valence-corrected chi connectivity index (χ3v) is 3.67. The molecule has 0 amide bonds. The van der Waals surface area contributed by atoms with Crippen molar-refractivity contribution in [1.82, 2.24) is 0 Å². The molecule has 1 heterocycles. The SMILES string of the molecule is CNc1ccc(N2N=IC=C2N)cc1N. The summed E-state index contributed by atoms with van der Waals surface area (Å²) in [6.45, 7) is 0. The molecule has 0 aliphatic carbocycles. The Labute approximate surface area is 98.3 Å². The fourth-order valence-corrected chi connectivity index (χ4v) is 2.73. The van der Waals surface area contributed by atoms with Gasteiger partial charge in [0.1, 0.15) is 5.82 Å². The summed E-state index contributed by atoms with van der Waals surface area (Å²) in [6.07, 6.45) is 0. The number of halogens is 1. The molecule has 2 rings (SSSR count). The van der Waals surface area contributed by atoms with Crippen LogP contribution in [0.25, 0.3) is 0 Å². The first-order valence-electron chi connectivity index (χ1n) is 4.39. The molecule has 5 N–H and O–H groups in total. The number of anilines is 3. The van der Waals surface area contributed by atoms with Crippen molar-refractivity contribution >= 4 is 38.1 Å². The normalized spacial score (nSPS) is 14.7. The van der Waals surface area contributed by atoms with Gasteiger partial charge in [0.05, 0.1) is 38.1 Å². The maximum Gasteiger partial charge on any atom is 0.133 e. The van der Waals surface area contributed by atoms with E-state index < -0.39 is 0 Å². The number of nitrogens with one attached hydrogen (secondary N) is 1. The number of hydrogen-bond donors (Lipinski definition) is 3. The first kappa shape index (κ1) is 10.2. The van der Waals surface area contributed by atoms with Gasteiger partial charge in [0.25, 0.3) is 0 Å². The lowest BCUT2D eigenvalue weighted by molar-refractivity contribution is 1.02. The molecule has 0 atom stereocenters. The smallest absolute Gasteiger partial charge is 0.133 e. The maximum absolute atomic E-state index is 5.86. The van der Waals surface area contributed by atoms with Crippen LogP contribution in [-0.2, 0) is 0 Å². The minimum atomic E-state index is -0.278. The zero-order chi connectivity index (χ0) is 10.8. The van der Waals surface area contributed by atoms with Crippen LogP contribution in [0, 0.1) is 0 Å². The molecule has 0 aromatic heterocycles. The molecule has 0 unspecified atom stereocenters. The summed E-state index contributed by atoms with van der Waals surface area (Å²) in [5.41, 5.74) is 14.2. The van der Waals surface area contributed by atoms with Gasteiger partial charge in [0.2, 0.25) is 0 Å². The first-order valence-corrected chi connectivity index (χ1v) is 6.60. The Kier molecular flexibility index (Phi) is 2.76. The van der Waals surface area contributed by atoms with E-state index in [4.69, 9.17) is 11.5 Å². The molecule has 1 aliphatic rings. The molecule has 0 saturated carbocycles. The second-order valence-corrected chi connectivity index (χ2v) is 4.65. The Morgan fingerprint density at radius 1 is 1.40 bits per heavy atom. The summed E-state index contributed by atoms with van der Waals surface area (Å²) in [7, 11) is 1.84. The lowest BCUT2D eigenvalue weighted by Crippen LogP contribution is -2.18. The highest BCUT2D eigenvalue weighted by Crippen LogP contribution is 2.31. The highest BCUT2D eigenvalue weighted by Gasteiger charge is 2.12. The molecule has 1 aliphatic heterocycles. The zero-order valence-corrected chi connectivity index (χ0v) is 10.4. The molecule has 6 heteroatoms. The van der Waals surface area contributed by atoms with Crippen molar-refractivity contribution in [2.24, 2.45) is 8.99 Å². The molecule has 0 saturated heterocycles. The average Bonchev–Trinajstić information content (AvgIpc) is 2.64. The molecule has 1 aromatic rings. The predicted molar refractivity (Wildman–Crippen MR) is 71.6 cm³/mol. The number of hydrogen-bond acceptors (Lipinski definition) is 5. The van der Waals surface area contributed by atoms with Gasteiger partial charge in [-0.3, -0.25) is 0 Å². The first-order chi connectivity index (χ1) is 7.22. The quantitative estimate of drug-likeness (QED) is 0.575. The summed E-state index contributed by atoms with van der Waals surface area (Å²) in [6, 6.07) is 5.73. The highest BCUT2D eigenvalue weighted by molar-refractivity contribution is 14.2. The number of benzene rings is 1. The predicted octanol–water partition coefficient (Wildman–Crippen LogP) is 1.96. The molecular formula is C9H12IN5. The van der Waals surface area contributed by atoms with E-state index in [0.29, 0.717) is 11.5 Å². The number of rotatable bonds is 2. The lowest BCUT2D eigenvalue weighted by atomic mass is 10.2. The van der Waals surface area contributed by atoms with Crippen molar-refractivity contribution < 1.29 is 0 Å². The molecular weight excluding hydrogens is 305 g/mol. The molecule has 0 spiro atoms. The van der Waals surface area contributed by atoms with Crippen LogP contribution in [0.1, 0.15) is 0 Å². The topological polar surface area (TPSA) is 79.7 Å². The third-order valence-electron chi connectivity index (χ3n) is 2.07. The largest absolute Gasteiger partial charge is 0.397 e. The summed E-state index contributed by atoms with van der Waals surface area (Å²) in [4.78, 5) is 0. The van der Waals surface area contributed by atoms with Gasteiger partial charge in [-0.2, -0.15) is 0 Å². The monoisotopic (exact) mass is 317 g/mol. The van der Waals surface area contributed by atoms with Crippen LogP contribution in [0.4, 0.5) is 17.1 Å². The van der Waals surface area contributed by atoms with E-state index in [0.717, 1.165) is 11.4 Å². The van der Waals surface area contributed by atoms with E-state index in [9.17, 15) is 0 Å². The van der Waals surface area contributed by atoms with Crippen molar-refractivity contribution in [3.63, 3.8) is 0 Å². The fraction of sp³-hybridized carbons (Fsp3) is 0.111. The van der Waals surface area contributed by atoms with E-state index >= 15 is 0 Å². The maximum atomic E-state index is 5.86. The van der Waals surface area contributed by atoms with Crippen LogP contribution in [0.2, 0.25) is 0 Å². The van der Waals surface area contributed by atoms with Crippen molar-refractivity contribution in [2.75, 3.05) is 23.1 Å². The number of nitrogen functional groups attached to an aromatic ring is 1. The van der Waals surface area contributed by atoms with Crippen LogP contribution in [0.5, 0.6) is 0 Å². The van der Waals surface area contributed by atoms with E-state index in [1.54, 1.807) is 5.01 Å². The van der Waals surface area contributed by atoms with Gasteiger partial charge in [0, 0.05) is 11.1 Å². The molecule has 0 fully saturated rings. The Hall–Kier alpha value is -1.31. The van der Waals surface area contributed by atoms with Crippen molar-refractivity contribution in [1.29, 1.82) is 0 Å².